The molecule has 27 heavy (non-hydrogen) atoms. The molecule has 0 bridgehead atoms. The highest BCUT2D eigenvalue weighted by molar-refractivity contribution is 6.07. The van der Waals surface area contributed by atoms with Crippen LogP contribution in [0.2, 0.25) is 0 Å². The molecule has 0 aromatic heterocycles. The van der Waals surface area contributed by atoms with E-state index in [0.29, 0.717) is 23.6 Å². The van der Waals surface area contributed by atoms with Crippen LogP contribution in [0.15, 0.2) is 30.3 Å². The predicted octanol–water partition coefficient (Wildman–Crippen LogP) is 3.50. The van der Waals surface area contributed by atoms with Crippen LogP contribution in [0.25, 0.3) is 0 Å². The van der Waals surface area contributed by atoms with Gasteiger partial charge in [-0.25, -0.2) is 4.79 Å². The number of carbonyl (C=O) groups excluding carboxylic acids is 1. The van der Waals surface area contributed by atoms with E-state index < -0.39 is 12.6 Å². The molecule has 1 amide bonds. The van der Waals surface area contributed by atoms with Gasteiger partial charge >= 0.3 is 5.97 Å². The van der Waals surface area contributed by atoms with Gasteiger partial charge in [0.15, 0.2) is 6.61 Å². The highest BCUT2D eigenvalue weighted by Crippen LogP contribution is 2.35. The van der Waals surface area contributed by atoms with Gasteiger partial charge in [0.25, 0.3) is 5.91 Å². The van der Waals surface area contributed by atoms with Crippen LogP contribution >= 0.6 is 0 Å². The molecule has 2 aromatic rings. The van der Waals surface area contributed by atoms with Crippen molar-refractivity contribution < 1.29 is 24.2 Å². The zero-order valence-electron chi connectivity index (χ0n) is 15.9. The monoisotopic (exact) mass is 369 g/mol. The van der Waals surface area contributed by atoms with Gasteiger partial charge in [-0.3, -0.25) is 4.79 Å². The van der Waals surface area contributed by atoms with Crippen molar-refractivity contribution in [3.63, 3.8) is 0 Å². The standard InChI is InChI=1S/C21H23NO5/c1-12-5-6-17-18(7-12)27-15(4)10-22(17)21(25)16-8-13(2)20(14(3)9-16)26-11-19(23)24/h5-9,15H,10-11H2,1-4H3,(H,23,24). The Morgan fingerprint density at radius 2 is 1.85 bits per heavy atom. The lowest BCUT2D eigenvalue weighted by atomic mass is 10.0. The third-order valence-corrected chi connectivity index (χ3v) is 4.47. The van der Waals surface area contributed by atoms with E-state index in [0.717, 1.165) is 22.4 Å². The van der Waals surface area contributed by atoms with Crippen molar-refractivity contribution in [2.24, 2.45) is 0 Å². The summed E-state index contributed by atoms with van der Waals surface area (Å²) in [6.45, 7) is 7.58. The van der Waals surface area contributed by atoms with Crippen LogP contribution in [0.1, 0.15) is 34.0 Å². The Morgan fingerprint density at radius 1 is 1.19 bits per heavy atom. The fourth-order valence-electron chi connectivity index (χ4n) is 3.33. The van der Waals surface area contributed by atoms with E-state index in [1.54, 1.807) is 30.9 Å². The number of carboxylic acids is 1. The molecule has 0 radical (unpaired) electrons. The molecule has 1 aliphatic rings. The molecular formula is C21H23NO5. The molecule has 6 nitrogen and oxygen atoms in total. The Kier molecular flexibility index (Phi) is 5.08. The Hall–Kier alpha value is -3.02. The number of aliphatic carboxylic acids is 1. The molecule has 142 valence electrons. The van der Waals surface area contributed by atoms with Crippen LogP contribution in [0.4, 0.5) is 5.69 Å². The lowest BCUT2D eigenvalue weighted by Gasteiger charge is -2.34. The molecule has 3 rings (SSSR count). The number of hydrogen-bond acceptors (Lipinski definition) is 4. The Morgan fingerprint density at radius 3 is 2.48 bits per heavy atom. The van der Waals surface area contributed by atoms with Gasteiger partial charge in [-0.15, -0.1) is 0 Å². The number of benzene rings is 2. The maximum absolute atomic E-state index is 13.2. The summed E-state index contributed by atoms with van der Waals surface area (Å²) in [5.41, 5.74) is 3.82. The van der Waals surface area contributed by atoms with Crippen molar-refractivity contribution in [3.8, 4) is 11.5 Å². The summed E-state index contributed by atoms with van der Waals surface area (Å²) in [4.78, 5) is 25.7. The molecule has 0 spiro atoms. The molecule has 1 unspecified atom stereocenters. The summed E-state index contributed by atoms with van der Waals surface area (Å²) in [6.07, 6.45) is -0.108. The fraction of sp³-hybridized carbons (Fsp3) is 0.333. The van der Waals surface area contributed by atoms with E-state index >= 15 is 0 Å². The number of amides is 1. The number of rotatable bonds is 4. The van der Waals surface area contributed by atoms with Crippen LogP contribution < -0.4 is 14.4 Å². The van der Waals surface area contributed by atoms with Crippen molar-refractivity contribution >= 4 is 17.6 Å². The minimum atomic E-state index is -1.04. The molecule has 2 aromatic carbocycles. The van der Waals surface area contributed by atoms with Crippen molar-refractivity contribution in [2.45, 2.75) is 33.8 Å². The molecule has 6 heteroatoms. The van der Waals surface area contributed by atoms with E-state index in [2.05, 4.69) is 0 Å². The fourth-order valence-corrected chi connectivity index (χ4v) is 3.33. The van der Waals surface area contributed by atoms with Gasteiger partial charge in [0.05, 0.1) is 12.2 Å². The lowest BCUT2D eigenvalue weighted by Crippen LogP contribution is -2.42. The first kappa shape index (κ1) is 18.8. The quantitative estimate of drug-likeness (QED) is 0.893. The maximum atomic E-state index is 13.2. The summed E-state index contributed by atoms with van der Waals surface area (Å²) in [5.74, 6) is 0.0478. The number of hydrogen-bond donors (Lipinski definition) is 1. The Balaban J connectivity index is 1.94. The second-order valence-electron chi connectivity index (χ2n) is 6.94. The largest absolute Gasteiger partial charge is 0.487 e. The van der Waals surface area contributed by atoms with Gasteiger partial charge in [0.1, 0.15) is 17.6 Å². The molecule has 0 saturated carbocycles. The normalized spacial score (nSPS) is 15.7. The number of fused-ring (bicyclic) bond motifs is 1. The van der Waals surface area contributed by atoms with Gasteiger partial charge in [-0.1, -0.05) is 6.07 Å². The minimum Gasteiger partial charge on any atom is -0.487 e. The molecule has 1 aliphatic heterocycles. The maximum Gasteiger partial charge on any atom is 0.341 e. The number of ether oxygens (including phenoxy) is 2. The van der Waals surface area contributed by atoms with Crippen LogP contribution in [-0.4, -0.2) is 36.2 Å². The van der Waals surface area contributed by atoms with Gasteiger partial charge in [-0.05, 0) is 68.7 Å². The van der Waals surface area contributed by atoms with Gasteiger partial charge in [0.2, 0.25) is 0 Å². The van der Waals surface area contributed by atoms with Crippen molar-refractivity contribution in [2.75, 3.05) is 18.1 Å². The average Bonchev–Trinajstić information content (AvgIpc) is 2.58. The molecule has 0 aliphatic carbocycles. The van der Waals surface area contributed by atoms with Crippen LogP contribution in [0, 0.1) is 20.8 Å². The topological polar surface area (TPSA) is 76.1 Å². The van der Waals surface area contributed by atoms with E-state index in [4.69, 9.17) is 14.6 Å². The third kappa shape index (κ3) is 3.89. The smallest absolute Gasteiger partial charge is 0.341 e. The van der Waals surface area contributed by atoms with E-state index in [1.165, 1.54) is 0 Å². The van der Waals surface area contributed by atoms with E-state index in [1.807, 2.05) is 32.0 Å². The molecule has 1 heterocycles. The van der Waals surface area contributed by atoms with E-state index in [-0.39, 0.29) is 12.0 Å². The first-order valence-corrected chi connectivity index (χ1v) is 8.81. The van der Waals surface area contributed by atoms with Gasteiger partial charge in [0, 0.05) is 5.56 Å². The summed E-state index contributed by atoms with van der Waals surface area (Å²) < 4.78 is 11.2. The second-order valence-corrected chi connectivity index (χ2v) is 6.94. The predicted molar refractivity (Wildman–Crippen MR) is 102 cm³/mol. The third-order valence-electron chi connectivity index (χ3n) is 4.47. The Labute approximate surface area is 158 Å². The van der Waals surface area contributed by atoms with Crippen molar-refractivity contribution in [1.29, 1.82) is 0 Å². The molecule has 1 N–H and O–H groups in total. The highest BCUT2D eigenvalue weighted by atomic mass is 16.5. The Bertz CT molecular complexity index is 882. The number of aryl methyl sites for hydroxylation is 3. The highest BCUT2D eigenvalue weighted by Gasteiger charge is 2.29. The number of carbonyl (C=O) groups is 2. The zero-order chi connectivity index (χ0) is 19.7. The average molecular weight is 369 g/mol. The number of carboxylic acid groups (broad SMARTS) is 1. The van der Waals surface area contributed by atoms with Crippen LogP contribution in [0.5, 0.6) is 11.5 Å². The summed E-state index contributed by atoms with van der Waals surface area (Å²) in [7, 11) is 0. The van der Waals surface area contributed by atoms with Crippen molar-refractivity contribution in [1.82, 2.24) is 0 Å². The number of anilines is 1. The molecular weight excluding hydrogens is 346 g/mol. The SMILES string of the molecule is Cc1ccc2c(c1)OC(C)CN2C(=O)c1cc(C)c(OCC(=O)O)c(C)c1. The van der Waals surface area contributed by atoms with E-state index in [9.17, 15) is 9.59 Å². The van der Waals surface area contributed by atoms with Crippen LogP contribution in [-0.2, 0) is 4.79 Å². The summed E-state index contributed by atoms with van der Waals surface area (Å²) in [6, 6.07) is 9.27. The number of nitrogens with zero attached hydrogens (tertiary/aromatic N) is 1. The molecule has 1 atom stereocenters. The minimum absolute atomic E-state index is 0.108. The second kappa shape index (κ2) is 7.31. The molecule has 0 saturated heterocycles. The first-order chi connectivity index (χ1) is 12.8. The van der Waals surface area contributed by atoms with Crippen LogP contribution in [0.3, 0.4) is 0 Å². The first-order valence-electron chi connectivity index (χ1n) is 8.81. The van der Waals surface area contributed by atoms with Gasteiger partial charge in [-0.2, -0.15) is 0 Å². The lowest BCUT2D eigenvalue weighted by molar-refractivity contribution is -0.139. The zero-order valence-corrected chi connectivity index (χ0v) is 15.9. The molecule has 0 fully saturated rings. The summed E-state index contributed by atoms with van der Waals surface area (Å²) in [5, 5.41) is 8.81. The van der Waals surface area contributed by atoms with Crippen molar-refractivity contribution in [3.05, 3.63) is 52.6 Å². The van der Waals surface area contributed by atoms with Gasteiger partial charge < -0.3 is 19.5 Å². The summed E-state index contributed by atoms with van der Waals surface area (Å²) >= 11 is 0.